The second-order valence-corrected chi connectivity index (χ2v) is 7.85. The minimum absolute atomic E-state index is 0.152. The van der Waals surface area contributed by atoms with Gasteiger partial charge in [-0.2, -0.15) is 4.45 Å². The van der Waals surface area contributed by atoms with E-state index in [1.54, 1.807) is 11.4 Å². The van der Waals surface area contributed by atoms with Gasteiger partial charge in [-0.25, -0.2) is 4.79 Å². The van der Waals surface area contributed by atoms with Crippen molar-refractivity contribution in [1.29, 1.82) is 0 Å². The molecule has 2 fully saturated rings. The van der Waals surface area contributed by atoms with Gasteiger partial charge in [0, 0.05) is 8.73 Å². The minimum atomic E-state index is -0.448. The molecule has 7 heteroatoms. The van der Waals surface area contributed by atoms with Crippen molar-refractivity contribution < 1.29 is 14.3 Å². The number of aromatic nitrogens is 3. The van der Waals surface area contributed by atoms with Crippen LogP contribution in [0.15, 0.2) is 0 Å². The number of carbonyl (C=O) groups excluding carboxylic acids is 1. The topological polar surface area (TPSA) is 66.2 Å². The van der Waals surface area contributed by atoms with E-state index in [4.69, 9.17) is 9.47 Å². The van der Waals surface area contributed by atoms with Crippen molar-refractivity contribution in [3.8, 4) is 5.88 Å². The van der Waals surface area contributed by atoms with E-state index < -0.39 is 5.97 Å². The van der Waals surface area contributed by atoms with Gasteiger partial charge < -0.3 is 9.47 Å². The molecule has 2 aliphatic rings. The fourth-order valence-corrected chi connectivity index (χ4v) is 4.63. The molecule has 1 heterocycles. The van der Waals surface area contributed by atoms with E-state index in [0.29, 0.717) is 26.6 Å². The lowest BCUT2D eigenvalue weighted by atomic mass is 9.65. The van der Waals surface area contributed by atoms with Gasteiger partial charge in [-0.05, 0) is 57.5 Å². The Morgan fingerprint density at radius 3 is 2.58 bits per heavy atom. The van der Waals surface area contributed by atoms with Crippen LogP contribution < -0.4 is 4.74 Å². The molecule has 134 valence electrons. The average molecular weight is 353 g/mol. The van der Waals surface area contributed by atoms with Crippen LogP contribution in [-0.2, 0) is 4.74 Å². The highest BCUT2D eigenvalue weighted by atomic mass is 31.1. The molecule has 1 aromatic heterocycles. The summed E-state index contributed by atoms with van der Waals surface area (Å²) in [6.45, 7) is 4.11. The molecule has 0 bridgehead atoms. The Labute approximate surface area is 145 Å². The summed E-state index contributed by atoms with van der Waals surface area (Å²) in [6, 6.07) is 0. The maximum Gasteiger partial charge on any atom is 0.364 e. The Balaban J connectivity index is 1.66. The normalized spacial score (nSPS) is 21.4. The molecular weight excluding hydrogens is 325 g/mol. The second kappa shape index (κ2) is 7.81. The van der Waals surface area contributed by atoms with Crippen LogP contribution in [0.4, 0.5) is 0 Å². The summed E-state index contributed by atoms with van der Waals surface area (Å²) < 4.78 is 12.9. The standard InChI is InChI=1S/C17H28N3O3P/c1-3-22-16(21)14-15(20(24-2)19-18-14)23-13-7-11-17(12-8-13)9-5-4-6-10-17/h13,24H,3-12H2,1-2H3. The fourth-order valence-electron chi connectivity index (χ4n) is 4.13. The summed E-state index contributed by atoms with van der Waals surface area (Å²) in [5.74, 6) is 0.0374. The number of nitrogens with zero attached hydrogens (tertiary/aromatic N) is 3. The molecule has 2 saturated carbocycles. The lowest BCUT2D eigenvalue weighted by molar-refractivity contribution is 0.0436. The predicted octanol–water partition coefficient (Wildman–Crippen LogP) is 3.80. The molecule has 0 aliphatic heterocycles. The maximum absolute atomic E-state index is 12.1. The van der Waals surface area contributed by atoms with Gasteiger partial charge in [0.25, 0.3) is 5.88 Å². The molecule has 1 spiro atoms. The molecule has 0 aromatic carbocycles. The fraction of sp³-hybridized carbons (Fsp3) is 0.824. The van der Waals surface area contributed by atoms with Crippen LogP contribution in [0, 0.1) is 5.41 Å². The van der Waals surface area contributed by atoms with Gasteiger partial charge in [0.2, 0.25) is 5.69 Å². The molecule has 2 aliphatic carbocycles. The van der Waals surface area contributed by atoms with E-state index in [-0.39, 0.29) is 11.8 Å². The Kier molecular flexibility index (Phi) is 5.75. The first kappa shape index (κ1) is 17.7. The van der Waals surface area contributed by atoms with E-state index in [1.807, 2.05) is 6.66 Å². The number of hydrogen-bond donors (Lipinski definition) is 0. The van der Waals surface area contributed by atoms with Gasteiger partial charge in [-0.3, -0.25) is 0 Å². The summed E-state index contributed by atoms with van der Waals surface area (Å²) >= 11 is 0. The van der Waals surface area contributed by atoms with Crippen LogP contribution in [0.1, 0.15) is 75.2 Å². The first-order valence-electron chi connectivity index (χ1n) is 9.15. The predicted molar refractivity (Wildman–Crippen MR) is 94.0 cm³/mol. The van der Waals surface area contributed by atoms with E-state index in [9.17, 15) is 4.79 Å². The van der Waals surface area contributed by atoms with E-state index in [2.05, 4.69) is 10.3 Å². The van der Waals surface area contributed by atoms with Crippen molar-refractivity contribution in [3.05, 3.63) is 5.69 Å². The van der Waals surface area contributed by atoms with Crippen molar-refractivity contribution >= 4 is 14.7 Å². The highest BCUT2D eigenvalue weighted by Crippen LogP contribution is 2.48. The van der Waals surface area contributed by atoms with E-state index in [0.717, 1.165) is 12.8 Å². The number of hydrogen-bond acceptors (Lipinski definition) is 5. The Bertz CT molecular complexity index is 559. The molecule has 3 rings (SSSR count). The molecule has 1 atom stereocenters. The Morgan fingerprint density at radius 2 is 1.96 bits per heavy atom. The zero-order valence-corrected chi connectivity index (χ0v) is 15.7. The van der Waals surface area contributed by atoms with Crippen LogP contribution in [-0.4, -0.2) is 40.1 Å². The van der Waals surface area contributed by atoms with Crippen molar-refractivity contribution in [3.63, 3.8) is 0 Å². The van der Waals surface area contributed by atoms with Gasteiger partial charge in [-0.15, -0.1) is 5.10 Å². The van der Waals surface area contributed by atoms with Gasteiger partial charge in [0.05, 0.1) is 6.61 Å². The Hall–Kier alpha value is -1.16. The molecule has 0 saturated heterocycles. The summed E-state index contributed by atoms with van der Waals surface area (Å²) in [7, 11) is 0.374. The lowest BCUT2D eigenvalue weighted by Crippen LogP contribution is -2.34. The minimum Gasteiger partial charge on any atom is -0.473 e. The largest absolute Gasteiger partial charge is 0.473 e. The smallest absolute Gasteiger partial charge is 0.364 e. The molecule has 0 amide bonds. The molecule has 1 unspecified atom stereocenters. The summed E-state index contributed by atoms with van der Waals surface area (Å²) in [5, 5.41) is 8.01. The van der Waals surface area contributed by atoms with Crippen molar-refractivity contribution in [2.24, 2.45) is 5.41 Å². The molecule has 6 nitrogen and oxygen atoms in total. The Morgan fingerprint density at radius 1 is 1.25 bits per heavy atom. The van der Waals surface area contributed by atoms with Gasteiger partial charge >= 0.3 is 5.97 Å². The van der Waals surface area contributed by atoms with Gasteiger partial charge in [0.15, 0.2) is 0 Å². The molecule has 0 radical (unpaired) electrons. The second-order valence-electron chi connectivity index (χ2n) is 6.98. The summed E-state index contributed by atoms with van der Waals surface area (Å²) in [4.78, 5) is 12.1. The quantitative estimate of drug-likeness (QED) is 0.595. The summed E-state index contributed by atoms with van der Waals surface area (Å²) in [6.07, 6.45) is 11.7. The molecule has 24 heavy (non-hydrogen) atoms. The third-order valence-electron chi connectivity index (χ3n) is 5.50. The molecular formula is C17H28N3O3P. The number of rotatable bonds is 5. The first-order valence-corrected chi connectivity index (χ1v) is 10.6. The highest BCUT2D eigenvalue weighted by molar-refractivity contribution is 7.35. The monoisotopic (exact) mass is 353 g/mol. The summed E-state index contributed by atoms with van der Waals surface area (Å²) in [5.41, 5.74) is 0.775. The molecule has 0 N–H and O–H groups in total. The van der Waals surface area contributed by atoms with Crippen molar-refractivity contribution in [1.82, 2.24) is 14.8 Å². The van der Waals surface area contributed by atoms with Crippen LogP contribution in [0.5, 0.6) is 5.88 Å². The van der Waals surface area contributed by atoms with Crippen LogP contribution in [0.2, 0.25) is 0 Å². The SMILES string of the molecule is CCOC(=O)c1nnn(PC)c1OC1CCC2(CCCCC2)CC1. The third kappa shape index (κ3) is 3.74. The number of ether oxygens (including phenoxy) is 2. The number of carbonyl (C=O) groups is 1. The zero-order valence-electron chi connectivity index (χ0n) is 14.7. The average Bonchev–Trinajstić information content (AvgIpc) is 3.01. The van der Waals surface area contributed by atoms with Crippen molar-refractivity contribution in [2.75, 3.05) is 13.3 Å². The van der Waals surface area contributed by atoms with Crippen LogP contribution in [0.3, 0.4) is 0 Å². The lowest BCUT2D eigenvalue weighted by Gasteiger charge is -2.42. The van der Waals surface area contributed by atoms with E-state index >= 15 is 0 Å². The zero-order chi connectivity index (χ0) is 17.0. The van der Waals surface area contributed by atoms with Gasteiger partial charge in [-0.1, -0.05) is 24.5 Å². The number of esters is 1. The third-order valence-corrected chi connectivity index (χ3v) is 6.21. The molecule has 1 aromatic rings. The van der Waals surface area contributed by atoms with E-state index in [1.165, 1.54) is 44.9 Å². The van der Waals surface area contributed by atoms with Crippen LogP contribution >= 0.6 is 8.73 Å². The van der Waals surface area contributed by atoms with Crippen molar-refractivity contribution in [2.45, 2.75) is 70.8 Å². The maximum atomic E-state index is 12.1. The first-order chi connectivity index (χ1) is 11.7. The highest BCUT2D eigenvalue weighted by Gasteiger charge is 2.37. The van der Waals surface area contributed by atoms with Crippen LogP contribution in [0.25, 0.3) is 0 Å². The van der Waals surface area contributed by atoms with Gasteiger partial charge in [0.1, 0.15) is 6.10 Å².